The van der Waals surface area contributed by atoms with Crippen LogP contribution in [0.4, 0.5) is 0 Å². The van der Waals surface area contributed by atoms with Gasteiger partial charge in [-0.3, -0.25) is 4.79 Å². The number of carbonyl (C=O) groups excluding carboxylic acids is 1. The Balaban J connectivity index is 0.00000200. The van der Waals surface area contributed by atoms with Crippen LogP contribution in [0.3, 0.4) is 0 Å². The van der Waals surface area contributed by atoms with E-state index in [1.807, 2.05) is 32.0 Å². The summed E-state index contributed by atoms with van der Waals surface area (Å²) in [7, 11) is 0. The van der Waals surface area contributed by atoms with Gasteiger partial charge in [0.15, 0.2) is 0 Å². The van der Waals surface area contributed by atoms with Crippen LogP contribution in [0.2, 0.25) is 0 Å². The molecular formula is C15H17BrNO2Y-. The van der Waals surface area contributed by atoms with Gasteiger partial charge in [0.1, 0.15) is 5.75 Å². The molecule has 105 valence electrons. The van der Waals surface area contributed by atoms with Crippen LogP contribution in [-0.4, -0.2) is 24.0 Å². The van der Waals surface area contributed by atoms with E-state index in [0.29, 0.717) is 26.0 Å². The molecule has 5 heteroatoms. The summed E-state index contributed by atoms with van der Waals surface area (Å²) in [6, 6.07) is 5.82. The maximum atomic E-state index is 11.9. The number of rotatable bonds is 4. The minimum atomic E-state index is 0. The molecule has 0 fully saturated rings. The molecule has 0 atom stereocenters. The Labute approximate surface area is 153 Å². The molecule has 0 unspecified atom stereocenters. The van der Waals surface area contributed by atoms with Crippen LogP contribution >= 0.6 is 15.9 Å². The second-order valence-electron chi connectivity index (χ2n) is 4.24. The molecule has 20 heavy (non-hydrogen) atoms. The smallest absolute Gasteiger partial charge is 0.223 e. The molecule has 1 aliphatic heterocycles. The van der Waals surface area contributed by atoms with Gasteiger partial charge in [-0.1, -0.05) is 20.4 Å². The van der Waals surface area contributed by atoms with E-state index in [4.69, 9.17) is 4.74 Å². The van der Waals surface area contributed by atoms with Crippen molar-refractivity contribution in [3.63, 3.8) is 0 Å². The summed E-state index contributed by atoms with van der Waals surface area (Å²) in [5.74, 6) is 0.987. The van der Waals surface area contributed by atoms with Crippen molar-refractivity contribution < 1.29 is 42.2 Å². The van der Waals surface area contributed by atoms with E-state index in [-0.39, 0.29) is 38.6 Å². The van der Waals surface area contributed by atoms with E-state index in [1.54, 1.807) is 4.90 Å². The van der Waals surface area contributed by atoms with Crippen molar-refractivity contribution in [2.24, 2.45) is 0 Å². The minimum absolute atomic E-state index is 0. The first-order valence-electron chi connectivity index (χ1n) is 6.51. The number of carbonyl (C=O) groups is 1. The molecule has 1 heterocycles. The van der Waals surface area contributed by atoms with Gasteiger partial charge >= 0.3 is 0 Å². The minimum Gasteiger partial charge on any atom is -0.494 e. The van der Waals surface area contributed by atoms with Crippen molar-refractivity contribution in [1.82, 2.24) is 4.90 Å². The van der Waals surface area contributed by atoms with Crippen LogP contribution in [0.1, 0.15) is 32.3 Å². The van der Waals surface area contributed by atoms with Crippen LogP contribution in [0.5, 0.6) is 5.75 Å². The van der Waals surface area contributed by atoms with E-state index in [0.717, 1.165) is 21.5 Å². The Morgan fingerprint density at radius 1 is 1.40 bits per heavy atom. The molecule has 2 rings (SSSR count). The number of amides is 1. The monoisotopic (exact) mass is 411 g/mol. The zero-order chi connectivity index (χ0) is 13.8. The van der Waals surface area contributed by atoms with E-state index in [2.05, 4.69) is 22.0 Å². The standard InChI is InChI=1S/C15H17BrNO2.Y/c1-3-17-14(6-5-7-15(17)18)12-9-8-11(19-4-2)10-13(12)16;/h8-10H,3-5,7H2,1-2H3;/q-1;. The molecular weight excluding hydrogens is 395 g/mol. The average molecular weight is 412 g/mol. The van der Waals surface area contributed by atoms with Crippen molar-refractivity contribution in [3.05, 3.63) is 34.3 Å². The maximum absolute atomic E-state index is 11.9. The third-order valence-electron chi connectivity index (χ3n) is 3.03. The summed E-state index contributed by atoms with van der Waals surface area (Å²) < 4.78 is 6.39. The molecule has 0 spiro atoms. The SMILES string of the molecule is CCOc1ccc(C2=[C-]CCC(=O)N2CC)c(Br)c1.[Y]. The molecule has 1 aromatic rings. The zero-order valence-electron chi connectivity index (χ0n) is 11.8. The van der Waals surface area contributed by atoms with Crippen LogP contribution in [0, 0.1) is 6.08 Å². The molecule has 1 radical (unpaired) electrons. The molecule has 1 aliphatic rings. The molecule has 0 bridgehead atoms. The topological polar surface area (TPSA) is 29.5 Å². The number of benzene rings is 1. The Hall–Kier alpha value is -0.186. The van der Waals surface area contributed by atoms with Crippen molar-refractivity contribution in [3.8, 4) is 5.75 Å². The fourth-order valence-electron chi connectivity index (χ4n) is 2.16. The van der Waals surface area contributed by atoms with Crippen molar-refractivity contribution in [1.29, 1.82) is 0 Å². The van der Waals surface area contributed by atoms with Crippen molar-refractivity contribution in [2.45, 2.75) is 26.7 Å². The summed E-state index contributed by atoms with van der Waals surface area (Å²) in [5, 5.41) is 0. The Bertz CT molecular complexity index is 517. The summed E-state index contributed by atoms with van der Waals surface area (Å²) >= 11 is 3.55. The molecule has 0 aromatic heterocycles. The first-order valence-corrected chi connectivity index (χ1v) is 7.30. The maximum Gasteiger partial charge on any atom is 0.223 e. The van der Waals surface area contributed by atoms with Crippen LogP contribution < -0.4 is 4.74 Å². The van der Waals surface area contributed by atoms with Gasteiger partial charge in [-0.15, -0.1) is 23.7 Å². The molecule has 0 saturated heterocycles. The van der Waals surface area contributed by atoms with Crippen LogP contribution in [0.15, 0.2) is 22.7 Å². The van der Waals surface area contributed by atoms with E-state index in [9.17, 15) is 4.79 Å². The quantitative estimate of drug-likeness (QED) is 0.708. The molecule has 0 N–H and O–H groups in total. The van der Waals surface area contributed by atoms with Gasteiger partial charge in [0, 0.05) is 45.7 Å². The number of ether oxygens (including phenoxy) is 1. The number of hydrogen-bond donors (Lipinski definition) is 0. The van der Waals surface area contributed by atoms with Gasteiger partial charge in [-0.2, -0.15) is 0 Å². The van der Waals surface area contributed by atoms with E-state index in [1.165, 1.54) is 0 Å². The normalized spacial score (nSPS) is 14.7. The van der Waals surface area contributed by atoms with Crippen LogP contribution in [0.25, 0.3) is 5.70 Å². The van der Waals surface area contributed by atoms with Gasteiger partial charge < -0.3 is 9.64 Å². The number of halogens is 1. The van der Waals surface area contributed by atoms with Crippen LogP contribution in [-0.2, 0) is 37.5 Å². The van der Waals surface area contributed by atoms with E-state index >= 15 is 0 Å². The van der Waals surface area contributed by atoms with Gasteiger partial charge in [0.2, 0.25) is 5.91 Å². The van der Waals surface area contributed by atoms with E-state index < -0.39 is 0 Å². The predicted octanol–water partition coefficient (Wildman–Crippen LogP) is 3.63. The molecule has 3 nitrogen and oxygen atoms in total. The van der Waals surface area contributed by atoms with Gasteiger partial charge in [0.25, 0.3) is 0 Å². The third kappa shape index (κ3) is 3.93. The van der Waals surface area contributed by atoms with Gasteiger partial charge in [-0.05, 0) is 26.0 Å². The summed E-state index contributed by atoms with van der Waals surface area (Å²) in [4.78, 5) is 13.7. The number of hydrogen-bond acceptors (Lipinski definition) is 2. The number of allylic oxidation sites excluding steroid dienone is 1. The Morgan fingerprint density at radius 3 is 2.75 bits per heavy atom. The average Bonchev–Trinajstić information content (AvgIpc) is 2.39. The first kappa shape index (κ1) is 17.9. The third-order valence-corrected chi connectivity index (χ3v) is 3.68. The largest absolute Gasteiger partial charge is 0.494 e. The summed E-state index contributed by atoms with van der Waals surface area (Å²) in [6.45, 7) is 5.24. The second kappa shape index (κ2) is 8.30. The van der Waals surface area contributed by atoms with Crippen molar-refractivity contribution >= 4 is 27.5 Å². The molecule has 1 aromatic carbocycles. The molecule has 0 aliphatic carbocycles. The first-order chi connectivity index (χ1) is 9.17. The fraction of sp³-hybridized carbons (Fsp3) is 0.400. The summed E-state index contributed by atoms with van der Waals surface area (Å²) in [5.41, 5.74) is 1.85. The van der Waals surface area contributed by atoms with Crippen molar-refractivity contribution in [2.75, 3.05) is 13.2 Å². The Morgan fingerprint density at radius 2 is 2.15 bits per heavy atom. The summed E-state index contributed by atoms with van der Waals surface area (Å²) in [6.07, 6.45) is 4.54. The zero-order valence-corrected chi connectivity index (χ0v) is 16.2. The molecule has 1 amide bonds. The van der Waals surface area contributed by atoms with Gasteiger partial charge in [-0.25, -0.2) is 6.08 Å². The Kier molecular flexibility index (Phi) is 7.42. The van der Waals surface area contributed by atoms with Gasteiger partial charge in [0.05, 0.1) is 6.61 Å². The fourth-order valence-corrected chi connectivity index (χ4v) is 2.71. The molecule has 0 saturated carbocycles. The predicted molar refractivity (Wildman–Crippen MR) is 78.6 cm³/mol. The second-order valence-corrected chi connectivity index (χ2v) is 5.09. The number of nitrogens with zero attached hydrogens (tertiary/aromatic N) is 1.